The molecular weight excluding hydrogens is 238 g/mol. The van der Waals surface area contributed by atoms with Crippen LogP contribution in [-0.2, 0) is 9.47 Å². The minimum atomic E-state index is 0.0710. The zero-order valence-corrected chi connectivity index (χ0v) is 11.3. The van der Waals surface area contributed by atoms with Crippen LogP contribution in [0.5, 0.6) is 0 Å². The van der Waals surface area contributed by atoms with Crippen molar-refractivity contribution in [2.75, 3.05) is 27.4 Å². The lowest BCUT2D eigenvalue weighted by molar-refractivity contribution is 0.0276. The van der Waals surface area contributed by atoms with E-state index in [-0.39, 0.29) is 12.1 Å². The summed E-state index contributed by atoms with van der Waals surface area (Å²) in [4.78, 5) is 0. The van der Waals surface area contributed by atoms with Gasteiger partial charge in [-0.25, -0.2) is 0 Å². The minimum Gasteiger partial charge on any atom is -0.382 e. The third kappa shape index (κ3) is 5.04. The van der Waals surface area contributed by atoms with Crippen molar-refractivity contribution in [2.24, 2.45) is 0 Å². The molecule has 17 heavy (non-hydrogen) atoms. The Hall–Kier alpha value is -0.610. The molecule has 3 nitrogen and oxygen atoms in total. The Bertz CT molecular complexity index is 333. The standard InChI is InChI=1S/C13H20ClNO2/c1-10(11-5-4-6-12(14)7-11)15-8-13(17-3)9-16-2/h4-7,10,13,15H,8-9H2,1-3H3. The van der Waals surface area contributed by atoms with E-state index in [4.69, 9.17) is 21.1 Å². The summed E-state index contributed by atoms with van der Waals surface area (Å²) < 4.78 is 10.4. The summed E-state index contributed by atoms with van der Waals surface area (Å²) >= 11 is 5.96. The van der Waals surface area contributed by atoms with Crippen molar-refractivity contribution in [1.82, 2.24) is 5.32 Å². The summed E-state index contributed by atoms with van der Waals surface area (Å²) in [6, 6.07) is 8.10. The van der Waals surface area contributed by atoms with Gasteiger partial charge in [0.2, 0.25) is 0 Å². The number of methoxy groups -OCH3 is 2. The van der Waals surface area contributed by atoms with Crippen LogP contribution >= 0.6 is 11.6 Å². The summed E-state index contributed by atoms with van der Waals surface area (Å²) in [6.45, 7) is 3.44. The highest BCUT2D eigenvalue weighted by atomic mass is 35.5. The van der Waals surface area contributed by atoms with Gasteiger partial charge < -0.3 is 14.8 Å². The number of nitrogens with one attached hydrogen (secondary N) is 1. The summed E-state index contributed by atoms with van der Waals surface area (Å²) in [5.41, 5.74) is 1.17. The Balaban J connectivity index is 2.46. The maximum atomic E-state index is 5.96. The minimum absolute atomic E-state index is 0.0710. The number of benzene rings is 1. The van der Waals surface area contributed by atoms with E-state index in [1.165, 1.54) is 5.56 Å². The average Bonchev–Trinajstić information content (AvgIpc) is 2.34. The molecule has 96 valence electrons. The summed E-state index contributed by atoms with van der Waals surface area (Å²) in [5.74, 6) is 0. The van der Waals surface area contributed by atoms with Gasteiger partial charge in [0.15, 0.2) is 0 Å². The molecule has 0 spiro atoms. The number of hydrogen-bond acceptors (Lipinski definition) is 3. The normalized spacial score (nSPS) is 14.6. The second kappa shape index (κ2) is 7.67. The fourth-order valence-electron chi connectivity index (χ4n) is 1.60. The average molecular weight is 258 g/mol. The van der Waals surface area contributed by atoms with Gasteiger partial charge in [-0.15, -0.1) is 0 Å². The molecule has 2 atom stereocenters. The first-order valence-electron chi connectivity index (χ1n) is 5.68. The van der Waals surface area contributed by atoms with Crippen molar-refractivity contribution in [3.05, 3.63) is 34.9 Å². The van der Waals surface area contributed by atoms with Gasteiger partial charge >= 0.3 is 0 Å². The predicted octanol–water partition coefficient (Wildman–Crippen LogP) is 2.65. The van der Waals surface area contributed by atoms with Gasteiger partial charge in [0, 0.05) is 31.8 Å². The van der Waals surface area contributed by atoms with Crippen molar-refractivity contribution in [2.45, 2.75) is 19.1 Å². The quantitative estimate of drug-likeness (QED) is 0.815. The topological polar surface area (TPSA) is 30.5 Å². The second-order valence-electron chi connectivity index (χ2n) is 4.00. The van der Waals surface area contributed by atoms with Crippen molar-refractivity contribution in [1.29, 1.82) is 0 Å². The second-order valence-corrected chi connectivity index (χ2v) is 4.43. The van der Waals surface area contributed by atoms with Crippen molar-refractivity contribution < 1.29 is 9.47 Å². The molecule has 0 heterocycles. The van der Waals surface area contributed by atoms with Crippen LogP contribution in [0.1, 0.15) is 18.5 Å². The van der Waals surface area contributed by atoms with Crippen LogP contribution < -0.4 is 5.32 Å². The van der Waals surface area contributed by atoms with Gasteiger partial charge in [-0.3, -0.25) is 0 Å². The van der Waals surface area contributed by atoms with E-state index in [1.54, 1.807) is 14.2 Å². The Morgan fingerprint density at radius 2 is 2.12 bits per heavy atom. The number of hydrogen-bond donors (Lipinski definition) is 1. The van der Waals surface area contributed by atoms with Crippen LogP contribution in [0.3, 0.4) is 0 Å². The maximum Gasteiger partial charge on any atom is 0.0928 e. The van der Waals surface area contributed by atoms with Crippen molar-refractivity contribution >= 4 is 11.6 Å². The smallest absolute Gasteiger partial charge is 0.0928 e. The maximum absolute atomic E-state index is 5.96. The molecule has 0 aliphatic carbocycles. The number of halogens is 1. The van der Waals surface area contributed by atoms with Crippen LogP contribution in [-0.4, -0.2) is 33.5 Å². The third-order valence-electron chi connectivity index (χ3n) is 2.69. The van der Waals surface area contributed by atoms with Gasteiger partial charge in [-0.1, -0.05) is 23.7 Å². The lowest BCUT2D eigenvalue weighted by atomic mass is 10.1. The number of rotatable bonds is 7. The molecule has 1 N–H and O–H groups in total. The first-order chi connectivity index (χ1) is 8.17. The monoisotopic (exact) mass is 257 g/mol. The van der Waals surface area contributed by atoms with E-state index in [9.17, 15) is 0 Å². The predicted molar refractivity (Wildman–Crippen MR) is 70.5 cm³/mol. The highest BCUT2D eigenvalue weighted by molar-refractivity contribution is 6.30. The molecular formula is C13H20ClNO2. The summed E-state index contributed by atoms with van der Waals surface area (Å²) in [5, 5.41) is 4.16. The van der Waals surface area contributed by atoms with Gasteiger partial charge in [0.25, 0.3) is 0 Å². The van der Waals surface area contributed by atoms with Crippen LogP contribution in [0.25, 0.3) is 0 Å². The molecule has 0 bridgehead atoms. The van der Waals surface area contributed by atoms with Crippen LogP contribution in [0.2, 0.25) is 5.02 Å². The molecule has 4 heteroatoms. The van der Waals surface area contributed by atoms with Crippen LogP contribution in [0.15, 0.2) is 24.3 Å². The van der Waals surface area contributed by atoms with Crippen molar-refractivity contribution in [3.8, 4) is 0 Å². The molecule has 1 aromatic carbocycles. The highest BCUT2D eigenvalue weighted by Crippen LogP contribution is 2.17. The molecule has 0 saturated carbocycles. The van der Waals surface area contributed by atoms with E-state index in [0.29, 0.717) is 6.61 Å². The Morgan fingerprint density at radius 1 is 1.35 bits per heavy atom. The zero-order valence-electron chi connectivity index (χ0n) is 10.6. The van der Waals surface area contributed by atoms with Gasteiger partial charge in [-0.2, -0.15) is 0 Å². The molecule has 1 aromatic rings. The molecule has 0 radical (unpaired) electrons. The third-order valence-corrected chi connectivity index (χ3v) is 2.92. The lowest BCUT2D eigenvalue weighted by Crippen LogP contribution is -2.33. The van der Waals surface area contributed by atoms with Gasteiger partial charge in [0.1, 0.15) is 0 Å². The summed E-state index contributed by atoms with van der Waals surface area (Å²) in [7, 11) is 3.36. The molecule has 0 amide bonds. The van der Waals surface area contributed by atoms with E-state index < -0.39 is 0 Å². The zero-order chi connectivity index (χ0) is 12.7. The molecule has 2 unspecified atom stereocenters. The molecule has 0 aromatic heterocycles. The number of ether oxygens (including phenoxy) is 2. The Morgan fingerprint density at radius 3 is 2.71 bits per heavy atom. The molecule has 0 fully saturated rings. The molecule has 0 aliphatic rings. The molecule has 0 aliphatic heterocycles. The van der Waals surface area contributed by atoms with Gasteiger partial charge in [0.05, 0.1) is 12.7 Å². The fraction of sp³-hybridized carbons (Fsp3) is 0.538. The van der Waals surface area contributed by atoms with E-state index in [0.717, 1.165) is 11.6 Å². The van der Waals surface area contributed by atoms with Crippen LogP contribution in [0, 0.1) is 0 Å². The Kier molecular flexibility index (Phi) is 6.52. The fourth-order valence-corrected chi connectivity index (χ4v) is 1.80. The Labute approximate surface area is 108 Å². The SMILES string of the molecule is COCC(CNC(C)c1cccc(Cl)c1)OC. The van der Waals surface area contributed by atoms with Gasteiger partial charge in [-0.05, 0) is 24.6 Å². The first kappa shape index (κ1) is 14.5. The lowest BCUT2D eigenvalue weighted by Gasteiger charge is -2.19. The molecule has 1 rings (SSSR count). The summed E-state index contributed by atoms with van der Waals surface area (Å²) in [6.07, 6.45) is 0.0710. The van der Waals surface area contributed by atoms with E-state index >= 15 is 0 Å². The van der Waals surface area contributed by atoms with Crippen molar-refractivity contribution in [3.63, 3.8) is 0 Å². The van der Waals surface area contributed by atoms with Crippen LogP contribution in [0.4, 0.5) is 0 Å². The molecule has 0 saturated heterocycles. The highest BCUT2D eigenvalue weighted by Gasteiger charge is 2.10. The first-order valence-corrected chi connectivity index (χ1v) is 6.05. The van der Waals surface area contributed by atoms with E-state index in [2.05, 4.69) is 18.3 Å². The van der Waals surface area contributed by atoms with E-state index in [1.807, 2.05) is 18.2 Å². The largest absolute Gasteiger partial charge is 0.382 e.